The van der Waals surface area contributed by atoms with Crippen LogP contribution in [-0.2, 0) is 27.7 Å². The van der Waals surface area contributed by atoms with Gasteiger partial charge in [0.15, 0.2) is 0 Å². The average Bonchev–Trinajstić information content (AvgIpc) is 2.86. The molecule has 1 aromatic rings. The van der Waals surface area contributed by atoms with E-state index in [-0.39, 0.29) is 5.91 Å². The minimum Gasteiger partial charge on any atom is -0.312 e. The van der Waals surface area contributed by atoms with Crippen LogP contribution < -0.4 is 4.90 Å². The van der Waals surface area contributed by atoms with E-state index in [1.54, 1.807) is 16.4 Å². The number of piperidine rings is 1. The number of carbonyl (C=O) groups is 1. The highest BCUT2D eigenvalue weighted by atomic mass is 32.2. The van der Waals surface area contributed by atoms with Gasteiger partial charge in [0.2, 0.25) is 15.9 Å². The van der Waals surface area contributed by atoms with Crippen molar-refractivity contribution in [3.05, 3.63) is 23.3 Å². The summed E-state index contributed by atoms with van der Waals surface area (Å²) in [4.78, 5) is 14.3. The highest BCUT2D eigenvalue weighted by molar-refractivity contribution is 7.89. The molecule has 3 aliphatic rings. The van der Waals surface area contributed by atoms with Crippen LogP contribution in [0.2, 0.25) is 0 Å². The Balaban J connectivity index is 1.78. The van der Waals surface area contributed by atoms with Crippen LogP contribution in [0.25, 0.3) is 0 Å². The van der Waals surface area contributed by atoms with Crippen molar-refractivity contribution < 1.29 is 13.2 Å². The number of aryl methyl sites for hydroxylation is 1. The summed E-state index contributed by atoms with van der Waals surface area (Å²) >= 11 is 0. The monoisotopic (exact) mass is 320 g/mol. The lowest BCUT2D eigenvalue weighted by Crippen LogP contribution is -2.36. The summed E-state index contributed by atoms with van der Waals surface area (Å²) in [7, 11) is -3.42. The van der Waals surface area contributed by atoms with Crippen LogP contribution in [-0.4, -0.2) is 38.3 Å². The molecular weight excluding hydrogens is 300 g/mol. The lowest BCUT2D eigenvalue weighted by molar-refractivity contribution is -0.117. The first-order valence-corrected chi connectivity index (χ1v) is 9.48. The second kappa shape index (κ2) is 5.06. The molecule has 1 amide bonds. The Kier molecular flexibility index (Phi) is 3.27. The Morgan fingerprint density at radius 1 is 0.909 bits per heavy atom. The number of hydrogen-bond acceptors (Lipinski definition) is 3. The molecule has 4 rings (SSSR count). The number of hydrogen-bond donors (Lipinski definition) is 0. The van der Waals surface area contributed by atoms with Gasteiger partial charge in [-0.2, -0.15) is 4.31 Å². The molecule has 0 spiro atoms. The van der Waals surface area contributed by atoms with E-state index in [0.717, 1.165) is 55.5 Å². The minimum atomic E-state index is -3.42. The van der Waals surface area contributed by atoms with Crippen molar-refractivity contribution in [1.29, 1.82) is 0 Å². The van der Waals surface area contributed by atoms with Crippen LogP contribution in [0.15, 0.2) is 17.0 Å². The second-order valence-corrected chi connectivity index (χ2v) is 8.32. The van der Waals surface area contributed by atoms with Gasteiger partial charge in [-0.3, -0.25) is 4.79 Å². The van der Waals surface area contributed by atoms with Gasteiger partial charge in [-0.05, 0) is 48.9 Å². The first-order valence-electron chi connectivity index (χ1n) is 8.04. The van der Waals surface area contributed by atoms with Crippen molar-refractivity contribution in [2.45, 2.75) is 43.4 Å². The number of anilines is 1. The van der Waals surface area contributed by atoms with Gasteiger partial charge in [-0.25, -0.2) is 8.42 Å². The zero-order chi connectivity index (χ0) is 15.3. The molecule has 22 heavy (non-hydrogen) atoms. The number of rotatable bonds is 2. The molecule has 0 unspecified atom stereocenters. The van der Waals surface area contributed by atoms with Gasteiger partial charge < -0.3 is 4.90 Å². The van der Waals surface area contributed by atoms with E-state index in [1.165, 1.54) is 0 Å². The van der Waals surface area contributed by atoms with Crippen LogP contribution in [0, 0.1) is 0 Å². The van der Waals surface area contributed by atoms with Crippen molar-refractivity contribution in [3.8, 4) is 0 Å². The molecule has 0 aliphatic carbocycles. The molecule has 0 saturated carbocycles. The highest BCUT2D eigenvalue weighted by Crippen LogP contribution is 2.39. The van der Waals surface area contributed by atoms with Crippen LogP contribution in [0.1, 0.15) is 36.8 Å². The van der Waals surface area contributed by atoms with Crippen molar-refractivity contribution in [2.24, 2.45) is 0 Å². The molecule has 118 valence electrons. The first kappa shape index (κ1) is 14.2. The maximum atomic E-state index is 12.9. The molecule has 1 fully saturated rings. The smallest absolute Gasteiger partial charge is 0.243 e. The summed E-state index contributed by atoms with van der Waals surface area (Å²) < 4.78 is 27.3. The van der Waals surface area contributed by atoms with Crippen LogP contribution >= 0.6 is 0 Å². The van der Waals surface area contributed by atoms with E-state index in [4.69, 9.17) is 0 Å². The molecule has 0 aromatic heterocycles. The summed E-state index contributed by atoms with van der Waals surface area (Å²) in [6.45, 7) is 1.98. The normalized spacial score (nSPS) is 22.0. The van der Waals surface area contributed by atoms with Gasteiger partial charge in [-0.1, -0.05) is 6.42 Å². The Morgan fingerprint density at radius 2 is 1.64 bits per heavy atom. The molecule has 0 radical (unpaired) electrons. The maximum Gasteiger partial charge on any atom is 0.243 e. The lowest BCUT2D eigenvalue weighted by Gasteiger charge is -2.28. The fraction of sp³-hybridized carbons (Fsp3) is 0.562. The predicted molar refractivity (Wildman–Crippen MR) is 83.4 cm³/mol. The van der Waals surface area contributed by atoms with Gasteiger partial charge in [0.1, 0.15) is 0 Å². The quantitative estimate of drug-likeness (QED) is 0.833. The fourth-order valence-corrected chi connectivity index (χ4v) is 5.47. The predicted octanol–water partition coefficient (Wildman–Crippen LogP) is 1.70. The highest BCUT2D eigenvalue weighted by Gasteiger charge is 2.35. The molecule has 6 heteroatoms. The molecule has 5 nitrogen and oxygen atoms in total. The van der Waals surface area contributed by atoms with Crippen molar-refractivity contribution >= 4 is 21.6 Å². The van der Waals surface area contributed by atoms with E-state index in [0.29, 0.717) is 24.4 Å². The van der Waals surface area contributed by atoms with E-state index in [1.807, 2.05) is 4.90 Å². The molecule has 0 atom stereocenters. The summed E-state index contributed by atoms with van der Waals surface area (Å²) in [5.74, 6) is 0.100. The first-order chi connectivity index (χ1) is 10.6. The number of nitrogens with zero attached hydrogens (tertiary/aromatic N) is 2. The van der Waals surface area contributed by atoms with E-state index < -0.39 is 10.0 Å². The molecule has 3 aliphatic heterocycles. The van der Waals surface area contributed by atoms with Crippen molar-refractivity contribution in [1.82, 2.24) is 4.31 Å². The van der Waals surface area contributed by atoms with Gasteiger partial charge in [0.05, 0.1) is 17.0 Å². The molecular formula is C16H20N2O3S. The summed E-state index contributed by atoms with van der Waals surface area (Å²) in [5, 5.41) is 0. The van der Waals surface area contributed by atoms with Crippen molar-refractivity contribution in [3.63, 3.8) is 0 Å². The van der Waals surface area contributed by atoms with Crippen LogP contribution in [0.4, 0.5) is 5.69 Å². The molecule has 3 heterocycles. The molecule has 1 aromatic carbocycles. The van der Waals surface area contributed by atoms with E-state index in [2.05, 4.69) is 0 Å². The fourth-order valence-electron chi connectivity index (χ4n) is 3.85. The van der Waals surface area contributed by atoms with Gasteiger partial charge in [0, 0.05) is 19.6 Å². The zero-order valence-corrected chi connectivity index (χ0v) is 13.4. The maximum absolute atomic E-state index is 12.9. The molecule has 0 bridgehead atoms. The lowest BCUT2D eigenvalue weighted by atomic mass is 10.0. The van der Waals surface area contributed by atoms with Crippen LogP contribution in [0.3, 0.4) is 0 Å². The number of amides is 1. The SMILES string of the molecule is O=C1Cc2cc(S(=O)(=O)N3CCCCC3)cc3c2N1CCC3. The standard InChI is InChI=1S/C16H20N2O3S/c19-15-11-13-10-14(9-12-5-4-8-18(15)16(12)13)22(20,21)17-6-2-1-3-7-17/h9-10H,1-8,11H2. The Labute approximate surface area is 131 Å². The number of carbonyl (C=O) groups excluding carboxylic acids is 1. The van der Waals surface area contributed by atoms with Crippen LogP contribution in [0.5, 0.6) is 0 Å². The van der Waals surface area contributed by atoms with E-state index >= 15 is 0 Å². The summed E-state index contributed by atoms with van der Waals surface area (Å²) in [5.41, 5.74) is 2.89. The topological polar surface area (TPSA) is 57.7 Å². The largest absolute Gasteiger partial charge is 0.312 e. The number of sulfonamides is 1. The third-order valence-electron chi connectivity index (χ3n) is 4.93. The van der Waals surface area contributed by atoms with E-state index in [9.17, 15) is 13.2 Å². The Bertz CT molecular complexity index is 736. The van der Waals surface area contributed by atoms with Gasteiger partial charge in [-0.15, -0.1) is 0 Å². The van der Waals surface area contributed by atoms with Gasteiger partial charge >= 0.3 is 0 Å². The molecule has 0 N–H and O–H groups in total. The second-order valence-electron chi connectivity index (χ2n) is 6.38. The third kappa shape index (κ3) is 2.08. The average molecular weight is 320 g/mol. The van der Waals surface area contributed by atoms with Crippen molar-refractivity contribution in [2.75, 3.05) is 24.5 Å². The Morgan fingerprint density at radius 3 is 2.41 bits per heavy atom. The zero-order valence-electron chi connectivity index (χ0n) is 12.5. The summed E-state index contributed by atoms with van der Waals surface area (Å²) in [6.07, 6.45) is 5.07. The van der Waals surface area contributed by atoms with Gasteiger partial charge in [0.25, 0.3) is 0 Å². The minimum absolute atomic E-state index is 0.100. The summed E-state index contributed by atoms with van der Waals surface area (Å²) in [6, 6.07) is 3.53. The Hall–Kier alpha value is -1.40. The number of benzene rings is 1. The third-order valence-corrected chi connectivity index (χ3v) is 6.81. The molecule has 1 saturated heterocycles.